The number of hydrogen-bond donors (Lipinski definition) is 4. The molecule has 0 radical (unpaired) electrons. The topological polar surface area (TPSA) is 169 Å². The highest BCUT2D eigenvalue weighted by Gasteiger charge is 1.99. The zero-order valence-corrected chi connectivity index (χ0v) is 13.7. The standard InChI is InChI=1S/C7H3ClFN.C7H6ClN3.H4N2.H2O/c8-7-3-6(9)2-1-5(7)4-10;8-7-3-6(11-10)2-1-5(7)4-9;1-2;/h1-3H;1-3,11H,10H2;1-2H2;1H2. The number of hydrazine groups is 2. The van der Waals surface area contributed by atoms with Crippen LogP contribution >= 0.6 is 23.2 Å². The van der Waals surface area contributed by atoms with Crippen LogP contribution in [-0.4, -0.2) is 5.48 Å². The molecule has 9 N–H and O–H groups in total. The summed E-state index contributed by atoms with van der Waals surface area (Å²) in [4.78, 5) is 0. The zero-order chi connectivity index (χ0) is 17.8. The first-order valence-corrected chi connectivity index (χ1v) is 6.62. The van der Waals surface area contributed by atoms with Crippen molar-refractivity contribution in [2.45, 2.75) is 0 Å². The summed E-state index contributed by atoms with van der Waals surface area (Å²) in [7, 11) is 0. The van der Waals surface area contributed by atoms with Gasteiger partial charge in [-0.3, -0.25) is 17.5 Å². The Morgan fingerprint density at radius 2 is 1.38 bits per heavy atom. The third kappa shape index (κ3) is 7.72. The van der Waals surface area contributed by atoms with Crippen LogP contribution in [0.5, 0.6) is 0 Å². The minimum Gasteiger partial charge on any atom is -0.412 e. The van der Waals surface area contributed by atoms with Gasteiger partial charge in [-0.25, -0.2) is 4.39 Å². The highest BCUT2D eigenvalue weighted by atomic mass is 35.5. The van der Waals surface area contributed by atoms with E-state index in [-0.39, 0.29) is 10.5 Å². The molecule has 0 aliphatic rings. The van der Waals surface area contributed by atoms with Crippen LogP contribution in [0.4, 0.5) is 10.1 Å². The number of nitrogens with two attached hydrogens (primary N) is 3. The largest absolute Gasteiger partial charge is 0.412 e. The van der Waals surface area contributed by atoms with Gasteiger partial charge in [-0.05, 0) is 36.4 Å². The van der Waals surface area contributed by atoms with Crippen molar-refractivity contribution in [1.29, 1.82) is 10.5 Å². The van der Waals surface area contributed by atoms with E-state index < -0.39 is 5.82 Å². The van der Waals surface area contributed by atoms with Gasteiger partial charge in [0.25, 0.3) is 0 Å². The Bertz CT molecular complexity index is 730. The van der Waals surface area contributed by atoms with E-state index in [1.54, 1.807) is 18.2 Å². The molecule has 0 atom stereocenters. The fourth-order valence-electron chi connectivity index (χ4n) is 1.28. The summed E-state index contributed by atoms with van der Waals surface area (Å²) in [5, 5.41) is 17.4. The molecule has 10 heteroatoms. The van der Waals surface area contributed by atoms with Crippen LogP contribution in [-0.2, 0) is 0 Å². The lowest BCUT2D eigenvalue weighted by Gasteiger charge is -1.99. The molecule has 2 rings (SSSR count). The fourth-order valence-corrected chi connectivity index (χ4v) is 1.71. The molecule has 2 aromatic carbocycles. The molecule has 0 bridgehead atoms. The minimum absolute atomic E-state index is 0. The number of rotatable bonds is 1. The van der Waals surface area contributed by atoms with E-state index in [0.717, 1.165) is 6.07 Å². The number of anilines is 1. The highest BCUT2D eigenvalue weighted by Crippen LogP contribution is 2.19. The number of hydrogen-bond acceptors (Lipinski definition) is 6. The first-order chi connectivity index (χ1) is 11.0. The Labute approximate surface area is 148 Å². The molecular formula is C14H15Cl2FN6O. The number of nitriles is 2. The van der Waals surface area contributed by atoms with Crippen molar-refractivity contribution >= 4 is 28.9 Å². The molecule has 0 amide bonds. The summed E-state index contributed by atoms with van der Waals surface area (Å²) < 4.78 is 12.3. The first-order valence-electron chi connectivity index (χ1n) is 5.86. The van der Waals surface area contributed by atoms with Crippen molar-refractivity contribution < 1.29 is 9.87 Å². The SMILES string of the molecule is N#Cc1ccc(F)cc1Cl.N#Cc1ccc(NN)cc1Cl.NN.O. The molecule has 0 saturated carbocycles. The van der Waals surface area contributed by atoms with Crippen LogP contribution in [0, 0.1) is 28.5 Å². The fraction of sp³-hybridized carbons (Fsp3) is 0. The third-order valence-electron chi connectivity index (χ3n) is 2.31. The van der Waals surface area contributed by atoms with Crippen LogP contribution in [0.3, 0.4) is 0 Å². The maximum Gasteiger partial charge on any atom is 0.124 e. The van der Waals surface area contributed by atoms with Crippen molar-refractivity contribution in [1.82, 2.24) is 0 Å². The monoisotopic (exact) mass is 372 g/mol. The third-order valence-corrected chi connectivity index (χ3v) is 2.93. The predicted molar refractivity (Wildman–Crippen MR) is 92.1 cm³/mol. The molecule has 2 aromatic rings. The molecular weight excluding hydrogens is 358 g/mol. The summed E-state index contributed by atoms with van der Waals surface area (Å²) in [5.74, 6) is 12.7. The molecule has 128 valence electrons. The van der Waals surface area contributed by atoms with Crippen LogP contribution in [0.2, 0.25) is 10.0 Å². The molecule has 0 spiro atoms. The first kappa shape index (κ1) is 23.8. The lowest BCUT2D eigenvalue weighted by molar-refractivity contribution is 0.628. The minimum atomic E-state index is -0.427. The van der Waals surface area contributed by atoms with Gasteiger partial charge in [0.15, 0.2) is 0 Å². The summed E-state index contributed by atoms with van der Waals surface area (Å²) in [5.41, 5.74) is 3.86. The van der Waals surface area contributed by atoms with Crippen molar-refractivity contribution in [3.8, 4) is 12.1 Å². The molecule has 0 fully saturated rings. The van der Waals surface area contributed by atoms with Crippen LogP contribution in [0.1, 0.15) is 11.1 Å². The Morgan fingerprint density at radius 1 is 0.917 bits per heavy atom. The maximum absolute atomic E-state index is 12.3. The Kier molecular flexibility index (Phi) is 13.0. The van der Waals surface area contributed by atoms with Crippen LogP contribution in [0.25, 0.3) is 0 Å². The molecule has 0 aliphatic heterocycles. The Balaban J connectivity index is 0. The van der Waals surface area contributed by atoms with Gasteiger partial charge in [-0.15, -0.1) is 0 Å². The second-order valence-electron chi connectivity index (χ2n) is 3.69. The van der Waals surface area contributed by atoms with E-state index in [2.05, 4.69) is 17.1 Å². The van der Waals surface area contributed by atoms with Crippen molar-refractivity contribution in [2.24, 2.45) is 17.5 Å². The summed E-state index contributed by atoms with van der Waals surface area (Å²) in [6, 6.07) is 12.3. The second-order valence-corrected chi connectivity index (χ2v) is 4.50. The number of nitrogen functional groups attached to an aromatic ring is 1. The van der Waals surface area contributed by atoms with E-state index in [1.165, 1.54) is 12.1 Å². The maximum atomic E-state index is 12.3. The van der Waals surface area contributed by atoms with Gasteiger partial charge in [-0.2, -0.15) is 10.5 Å². The lowest BCUT2D eigenvalue weighted by atomic mass is 10.2. The predicted octanol–water partition coefficient (Wildman–Crippen LogP) is 1.84. The van der Waals surface area contributed by atoms with Gasteiger partial charge in [0.05, 0.1) is 26.9 Å². The number of benzene rings is 2. The molecule has 0 heterocycles. The lowest BCUT2D eigenvalue weighted by Crippen LogP contribution is -2.06. The summed E-state index contributed by atoms with van der Waals surface area (Å²) in [6.07, 6.45) is 0. The highest BCUT2D eigenvalue weighted by molar-refractivity contribution is 6.32. The van der Waals surface area contributed by atoms with Crippen molar-refractivity contribution in [2.75, 3.05) is 5.43 Å². The molecule has 0 unspecified atom stereocenters. The van der Waals surface area contributed by atoms with E-state index in [1.807, 2.05) is 12.1 Å². The van der Waals surface area contributed by atoms with Gasteiger partial charge in [0.2, 0.25) is 0 Å². The van der Waals surface area contributed by atoms with Crippen LogP contribution < -0.4 is 23.0 Å². The normalized spacial score (nSPS) is 8.00. The molecule has 7 nitrogen and oxygen atoms in total. The average molecular weight is 373 g/mol. The van der Waals surface area contributed by atoms with Gasteiger partial charge in [0.1, 0.15) is 18.0 Å². The zero-order valence-electron chi connectivity index (χ0n) is 12.2. The van der Waals surface area contributed by atoms with Crippen molar-refractivity contribution in [3.63, 3.8) is 0 Å². The average Bonchev–Trinajstić information content (AvgIpc) is 2.57. The molecule has 0 saturated heterocycles. The number of halogens is 3. The quantitative estimate of drug-likeness (QED) is 0.439. The molecule has 0 aliphatic carbocycles. The number of nitrogens with zero attached hydrogens (tertiary/aromatic N) is 2. The van der Waals surface area contributed by atoms with Gasteiger partial charge in [-0.1, -0.05) is 23.2 Å². The van der Waals surface area contributed by atoms with Gasteiger partial charge < -0.3 is 10.9 Å². The van der Waals surface area contributed by atoms with E-state index in [9.17, 15) is 4.39 Å². The second kappa shape index (κ2) is 13.0. The Hall–Kier alpha value is -2.43. The molecule has 0 aromatic heterocycles. The summed E-state index contributed by atoms with van der Waals surface area (Å²) in [6.45, 7) is 0. The summed E-state index contributed by atoms with van der Waals surface area (Å²) >= 11 is 11.2. The Morgan fingerprint density at radius 3 is 1.75 bits per heavy atom. The number of nitrogens with one attached hydrogen (secondary N) is 1. The van der Waals surface area contributed by atoms with Crippen molar-refractivity contribution in [3.05, 3.63) is 63.4 Å². The van der Waals surface area contributed by atoms with Gasteiger partial charge in [0, 0.05) is 0 Å². The van der Waals surface area contributed by atoms with Crippen LogP contribution in [0.15, 0.2) is 36.4 Å². The smallest absolute Gasteiger partial charge is 0.124 e. The van der Waals surface area contributed by atoms with E-state index in [4.69, 9.17) is 39.6 Å². The molecule has 24 heavy (non-hydrogen) atoms. The van der Waals surface area contributed by atoms with E-state index >= 15 is 0 Å². The van der Waals surface area contributed by atoms with Gasteiger partial charge >= 0.3 is 0 Å². The van der Waals surface area contributed by atoms with E-state index in [0.29, 0.717) is 21.8 Å².